The van der Waals surface area contributed by atoms with Crippen LogP contribution >= 0.6 is 0 Å². The van der Waals surface area contributed by atoms with E-state index in [1.54, 1.807) is 35.9 Å². The minimum Gasteiger partial charge on any atom is -0.462 e. The van der Waals surface area contributed by atoms with Gasteiger partial charge in [0.2, 0.25) is 0 Å². The largest absolute Gasteiger partial charge is 0.462 e. The molecule has 0 aliphatic carbocycles. The van der Waals surface area contributed by atoms with Crippen LogP contribution in [0.15, 0.2) is 41.5 Å². The summed E-state index contributed by atoms with van der Waals surface area (Å²) in [6, 6.07) is 3.58. The number of fused-ring (bicyclic) bond motifs is 1. The van der Waals surface area contributed by atoms with Gasteiger partial charge in [0.1, 0.15) is 11.3 Å². The van der Waals surface area contributed by atoms with Gasteiger partial charge in [0.15, 0.2) is 0 Å². The van der Waals surface area contributed by atoms with E-state index in [9.17, 15) is 4.79 Å². The highest BCUT2D eigenvalue weighted by atomic mass is 16.5. The summed E-state index contributed by atoms with van der Waals surface area (Å²) in [6.45, 7) is 1.89. The van der Waals surface area contributed by atoms with Crippen molar-refractivity contribution in [2.45, 2.75) is 6.92 Å². The monoisotopic (exact) mass is 257 g/mol. The fourth-order valence-electron chi connectivity index (χ4n) is 1.61. The highest BCUT2D eigenvalue weighted by Crippen LogP contribution is 2.14. The first kappa shape index (κ1) is 12.7. The number of azide groups is 1. The summed E-state index contributed by atoms with van der Waals surface area (Å²) in [5, 5.41) is 3.36. The molecule has 0 aliphatic rings. The molecule has 96 valence electrons. The van der Waals surface area contributed by atoms with Crippen molar-refractivity contribution in [1.29, 1.82) is 0 Å². The topological polar surface area (TPSA) is 92.4 Å². The Bertz CT molecular complexity index is 682. The van der Waals surface area contributed by atoms with E-state index in [-0.39, 0.29) is 12.3 Å². The zero-order valence-electron chi connectivity index (χ0n) is 10.2. The first-order valence-electron chi connectivity index (χ1n) is 5.62. The van der Waals surface area contributed by atoms with Crippen molar-refractivity contribution >= 4 is 17.7 Å². The van der Waals surface area contributed by atoms with Crippen LogP contribution in [0, 0.1) is 0 Å². The number of hydrogen-bond donors (Lipinski definition) is 0. The maximum absolute atomic E-state index is 11.6. The number of nitrogens with zero attached hydrogens (tertiary/aromatic N) is 5. The molecule has 7 nitrogen and oxygen atoms in total. The molecule has 0 fully saturated rings. The number of carbonyl (C=O) groups is 1. The van der Waals surface area contributed by atoms with E-state index in [4.69, 9.17) is 10.3 Å². The normalized spacial score (nSPS) is 11.1. The van der Waals surface area contributed by atoms with Crippen molar-refractivity contribution in [3.05, 3.63) is 52.4 Å². The number of aromatic nitrogens is 2. The molecule has 2 aromatic rings. The van der Waals surface area contributed by atoms with Crippen molar-refractivity contribution in [3.63, 3.8) is 0 Å². The molecule has 0 radical (unpaired) electrons. The van der Waals surface area contributed by atoms with Crippen LogP contribution in [0.4, 0.5) is 0 Å². The highest BCUT2D eigenvalue weighted by molar-refractivity contribution is 5.94. The van der Waals surface area contributed by atoms with Gasteiger partial charge in [-0.2, -0.15) is 0 Å². The van der Waals surface area contributed by atoms with Gasteiger partial charge in [-0.3, -0.25) is 0 Å². The van der Waals surface area contributed by atoms with Crippen LogP contribution in [0.25, 0.3) is 22.2 Å². The van der Waals surface area contributed by atoms with Crippen LogP contribution in [0.5, 0.6) is 0 Å². The second kappa shape index (κ2) is 5.70. The van der Waals surface area contributed by atoms with Gasteiger partial charge in [-0.05, 0) is 30.7 Å². The van der Waals surface area contributed by atoms with Gasteiger partial charge < -0.3 is 9.14 Å². The number of carbonyl (C=O) groups excluding carboxylic acids is 1. The number of ether oxygens (including phenoxy) is 1. The smallest absolute Gasteiger partial charge is 0.340 e. The Labute approximate surface area is 108 Å². The second-order valence-electron chi connectivity index (χ2n) is 3.56. The number of esters is 1. The summed E-state index contributed by atoms with van der Waals surface area (Å²) in [5.74, 6) is -0.658. The van der Waals surface area contributed by atoms with Gasteiger partial charge in [0, 0.05) is 29.1 Å². The number of hydrogen-bond acceptors (Lipinski definition) is 4. The zero-order chi connectivity index (χ0) is 13.7. The average molecular weight is 257 g/mol. The van der Waals surface area contributed by atoms with Gasteiger partial charge in [0.25, 0.3) is 0 Å². The SMILES string of the molecule is CCOC(=O)/C(=C/c1cccn2ccnc12)N=[N+]=[N-]. The van der Waals surface area contributed by atoms with E-state index < -0.39 is 5.97 Å². The van der Waals surface area contributed by atoms with E-state index in [2.05, 4.69) is 15.0 Å². The summed E-state index contributed by atoms with van der Waals surface area (Å²) >= 11 is 0. The van der Waals surface area contributed by atoms with Gasteiger partial charge in [-0.15, -0.1) is 0 Å². The Morgan fingerprint density at radius 3 is 3.21 bits per heavy atom. The molecule has 0 unspecified atom stereocenters. The van der Waals surface area contributed by atoms with Crippen molar-refractivity contribution in [1.82, 2.24) is 9.38 Å². The predicted molar refractivity (Wildman–Crippen MR) is 68.9 cm³/mol. The van der Waals surface area contributed by atoms with E-state index in [1.165, 1.54) is 6.08 Å². The van der Waals surface area contributed by atoms with Crippen LogP contribution in [-0.2, 0) is 9.53 Å². The fraction of sp³-hybridized carbons (Fsp3) is 0.167. The van der Waals surface area contributed by atoms with Crippen LogP contribution in [-0.4, -0.2) is 22.0 Å². The fourth-order valence-corrected chi connectivity index (χ4v) is 1.61. The first-order valence-corrected chi connectivity index (χ1v) is 5.62. The molecule has 0 amide bonds. The number of pyridine rings is 1. The Hall–Kier alpha value is -2.79. The second-order valence-corrected chi connectivity index (χ2v) is 3.56. The third-order valence-corrected chi connectivity index (χ3v) is 2.38. The maximum atomic E-state index is 11.6. The van der Waals surface area contributed by atoms with Crippen LogP contribution in [0.3, 0.4) is 0 Å². The predicted octanol–water partition coefficient (Wildman–Crippen LogP) is 2.55. The minimum absolute atomic E-state index is 0.0968. The quantitative estimate of drug-likeness (QED) is 0.277. The molecule has 0 saturated carbocycles. The number of imidazole rings is 1. The van der Waals surface area contributed by atoms with Crippen molar-refractivity contribution in [3.8, 4) is 0 Å². The van der Waals surface area contributed by atoms with Crippen molar-refractivity contribution < 1.29 is 9.53 Å². The van der Waals surface area contributed by atoms with E-state index in [0.717, 1.165) is 0 Å². The van der Waals surface area contributed by atoms with Gasteiger partial charge >= 0.3 is 5.97 Å². The Morgan fingerprint density at radius 1 is 1.63 bits per heavy atom. The summed E-state index contributed by atoms with van der Waals surface area (Å²) in [5.41, 5.74) is 9.73. The average Bonchev–Trinajstić information content (AvgIpc) is 2.87. The van der Waals surface area contributed by atoms with Crippen molar-refractivity contribution in [2.75, 3.05) is 6.61 Å². The van der Waals surface area contributed by atoms with Crippen LogP contribution in [0.2, 0.25) is 0 Å². The molecule has 0 aliphatic heterocycles. The molecular formula is C12H11N5O2. The molecule has 0 atom stereocenters. The summed E-state index contributed by atoms with van der Waals surface area (Å²) in [6.07, 6.45) is 6.71. The Morgan fingerprint density at radius 2 is 2.47 bits per heavy atom. The third kappa shape index (κ3) is 2.72. The van der Waals surface area contributed by atoms with E-state index >= 15 is 0 Å². The molecule has 0 N–H and O–H groups in total. The summed E-state index contributed by atoms with van der Waals surface area (Å²) in [7, 11) is 0. The highest BCUT2D eigenvalue weighted by Gasteiger charge is 2.10. The minimum atomic E-state index is -0.658. The lowest BCUT2D eigenvalue weighted by atomic mass is 10.2. The molecule has 0 aromatic carbocycles. The van der Waals surface area contributed by atoms with Crippen LogP contribution < -0.4 is 0 Å². The van der Waals surface area contributed by atoms with E-state index in [0.29, 0.717) is 11.2 Å². The standard InChI is InChI=1S/C12H11N5O2/c1-2-19-12(18)10(15-16-13)8-9-4-3-6-17-7-5-14-11(9)17/h3-8H,2H2,1H3/b10-8-. The molecule has 0 saturated heterocycles. The lowest BCUT2D eigenvalue weighted by Crippen LogP contribution is -2.05. The molecule has 0 spiro atoms. The van der Waals surface area contributed by atoms with E-state index in [1.807, 2.05) is 6.20 Å². The lowest BCUT2D eigenvalue weighted by molar-refractivity contribution is -0.138. The molecule has 7 heteroatoms. The first-order chi connectivity index (χ1) is 9.26. The molecule has 19 heavy (non-hydrogen) atoms. The molecule has 2 heterocycles. The zero-order valence-corrected chi connectivity index (χ0v) is 10.2. The molecule has 2 rings (SSSR count). The molecule has 0 bridgehead atoms. The summed E-state index contributed by atoms with van der Waals surface area (Å²) in [4.78, 5) is 18.4. The van der Waals surface area contributed by atoms with Crippen molar-refractivity contribution in [2.24, 2.45) is 5.11 Å². The molecule has 2 aromatic heterocycles. The molecular weight excluding hydrogens is 246 g/mol. The Balaban J connectivity index is 2.49. The van der Waals surface area contributed by atoms with Gasteiger partial charge in [-0.1, -0.05) is 5.11 Å². The van der Waals surface area contributed by atoms with Gasteiger partial charge in [-0.25, -0.2) is 9.78 Å². The summed E-state index contributed by atoms with van der Waals surface area (Å²) < 4.78 is 6.62. The third-order valence-electron chi connectivity index (χ3n) is 2.38. The number of rotatable bonds is 4. The maximum Gasteiger partial charge on any atom is 0.340 e. The van der Waals surface area contributed by atoms with Crippen LogP contribution in [0.1, 0.15) is 12.5 Å². The lowest BCUT2D eigenvalue weighted by Gasteiger charge is -2.02. The Kier molecular flexibility index (Phi) is 3.80. The van der Waals surface area contributed by atoms with Gasteiger partial charge in [0.05, 0.1) is 6.61 Å².